The molecule has 6 nitrogen and oxygen atoms in total. The predicted molar refractivity (Wildman–Crippen MR) is 62.7 cm³/mol. The van der Waals surface area contributed by atoms with Gasteiger partial charge in [0.15, 0.2) is 0 Å². The first kappa shape index (κ1) is 12.8. The Morgan fingerprint density at radius 1 is 1.35 bits per heavy atom. The molecule has 0 saturated carbocycles. The van der Waals surface area contributed by atoms with Crippen LogP contribution in [-0.2, 0) is 9.53 Å². The van der Waals surface area contributed by atoms with Gasteiger partial charge in [-0.25, -0.2) is 0 Å². The molecule has 0 aliphatic carbocycles. The predicted octanol–water partition coefficient (Wildman–Crippen LogP) is -1.89. The number of hydrogen-bond acceptors (Lipinski definition) is 5. The number of aliphatic hydroxyl groups is 1. The molecule has 0 spiro atoms. The number of carbonyl (C=O) groups excluding carboxylic acids is 1. The smallest absolute Gasteiger partial charge is 0.242 e. The van der Waals surface area contributed by atoms with Crippen molar-refractivity contribution in [1.29, 1.82) is 0 Å². The lowest BCUT2D eigenvalue weighted by Crippen LogP contribution is -2.57. The van der Waals surface area contributed by atoms with E-state index < -0.39 is 0 Å². The van der Waals surface area contributed by atoms with Crippen molar-refractivity contribution < 1.29 is 14.6 Å². The topological polar surface area (TPSA) is 65.0 Å². The number of amides is 1. The second-order valence-electron chi connectivity index (χ2n) is 4.47. The summed E-state index contributed by atoms with van der Waals surface area (Å²) in [4.78, 5) is 16.2. The third-order valence-corrected chi connectivity index (χ3v) is 3.32. The van der Waals surface area contributed by atoms with E-state index in [1.807, 2.05) is 4.90 Å². The minimum atomic E-state index is -0.173. The van der Waals surface area contributed by atoms with Crippen molar-refractivity contribution in [3.05, 3.63) is 0 Å². The minimum Gasteiger partial charge on any atom is -0.395 e. The number of β-amino-alcohol motifs (C(OH)–C–C–N with tert-alkyl or cyclic N) is 1. The summed E-state index contributed by atoms with van der Waals surface area (Å²) in [5.74, 6) is 0.147. The molecule has 2 fully saturated rings. The molecule has 98 valence electrons. The number of ether oxygens (including phenoxy) is 1. The molecular formula is C11H21N3O3. The first-order chi connectivity index (χ1) is 8.31. The molecule has 1 atom stereocenters. The van der Waals surface area contributed by atoms with Gasteiger partial charge >= 0.3 is 0 Å². The molecule has 17 heavy (non-hydrogen) atoms. The SMILES string of the molecule is O=C([C@@H]1COCCN1)N1CCN(CCO)CC1. The van der Waals surface area contributed by atoms with Gasteiger partial charge in [0.2, 0.25) is 5.91 Å². The van der Waals surface area contributed by atoms with Gasteiger partial charge in [0, 0.05) is 39.3 Å². The average molecular weight is 243 g/mol. The van der Waals surface area contributed by atoms with Gasteiger partial charge in [-0.2, -0.15) is 0 Å². The van der Waals surface area contributed by atoms with E-state index in [9.17, 15) is 4.79 Å². The fourth-order valence-corrected chi connectivity index (χ4v) is 2.28. The zero-order chi connectivity index (χ0) is 12.1. The molecule has 2 heterocycles. The Hall–Kier alpha value is -0.690. The summed E-state index contributed by atoms with van der Waals surface area (Å²) >= 11 is 0. The lowest BCUT2D eigenvalue weighted by Gasteiger charge is -2.37. The quantitative estimate of drug-likeness (QED) is 0.607. The highest BCUT2D eigenvalue weighted by atomic mass is 16.5. The average Bonchev–Trinajstić information content (AvgIpc) is 2.40. The number of piperazine rings is 1. The Labute approximate surface area is 102 Å². The maximum atomic E-state index is 12.1. The van der Waals surface area contributed by atoms with Crippen molar-refractivity contribution in [2.45, 2.75) is 6.04 Å². The number of nitrogens with one attached hydrogen (secondary N) is 1. The van der Waals surface area contributed by atoms with Gasteiger partial charge in [0.1, 0.15) is 6.04 Å². The van der Waals surface area contributed by atoms with Crippen LogP contribution in [0.5, 0.6) is 0 Å². The first-order valence-electron chi connectivity index (χ1n) is 6.24. The van der Waals surface area contributed by atoms with Crippen LogP contribution in [0.15, 0.2) is 0 Å². The van der Waals surface area contributed by atoms with Crippen molar-refractivity contribution in [3.63, 3.8) is 0 Å². The standard InChI is InChI=1S/C11H21N3O3/c15-7-6-13-2-4-14(5-3-13)11(16)10-9-17-8-1-12-10/h10,12,15H,1-9H2/t10-/m0/s1. The van der Waals surface area contributed by atoms with Gasteiger partial charge in [-0.15, -0.1) is 0 Å². The van der Waals surface area contributed by atoms with Gasteiger partial charge in [0.25, 0.3) is 0 Å². The first-order valence-corrected chi connectivity index (χ1v) is 6.24. The maximum Gasteiger partial charge on any atom is 0.242 e. The van der Waals surface area contributed by atoms with Crippen LogP contribution in [0.25, 0.3) is 0 Å². The van der Waals surface area contributed by atoms with Crippen molar-refractivity contribution in [1.82, 2.24) is 15.1 Å². The monoisotopic (exact) mass is 243 g/mol. The Bertz CT molecular complexity index is 248. The molecule has 2 aliphatic heterocycles. The molecule has 0 aromatic rings. The molecular weight excluding hydrogens is 222 g/mol. The lowest BCUT2D eigenvalue weighted by atomic mass is 10.2. The van der Waals surface area contributed by atoms with Crippen LogP contribution in [0.3, 0.4) is 0 Å². The van der Waals surface area contributed by atoms with Crippen LogP contribution >= 0.6 is 0 Å². The van der Waals surface area contributed by atoms with E-state index in [0.717, 1.165) is 32.7 Å². The zero-order valence-electron chi connectivity index (χ0n) is 10.1. The Morgan fingerprint density at radius 3 is 2.71 bits per heavy atom. The van der Waals surface area contributed by atoms with E-state index in [-0.39, 0.29) is 18.6 Å². The van der Waals surface area contributed by atoms with Crippen molar-refractivity contribution in [2.24, 2.45) is 0 Å². The molecule has 0 aromatic carbocycles. The van der Waals surface area contributed by atoms with E-state index in [4.69, 9.17) is 9.84 Å². The third-order valence-electron chi connectivity index (χ3n) is 3.32. The number of morpholine rings is 1. The summed E-state index contributed by atoms with van der Waals surface area (Å²) in [5, 5.41) is 12.0. The molecule has 2 rings (SSSR count). The van der Waals surface area contributed by atoms with Crippen molar-refractivity contribution in [2.75, 3.05) is 59.1 Å². The van der Waals surface area contributed by atoms with E-state index in [1.54, 1.807) is 0 Å². The van der Waals surface area contributed by atoms with E-state index >= 15 is 0 Å². The van der Waals surface area contributed by atoms with Crippen LogP contribution in [0, 0.1) is 0 Å². The molecule has 2 aliphatic rings. The van der Waals surface area contributed by atoms with Crippen molar-refractivity contribution >= 4 is 5.91 Å². The normalized spacial score (nSPS) is 27.1. The van der Waals surface area contributed by atoms with Crippen LogP contribution in [-0.4, -0.2) is 85.9 Å². The molecule has 6 heteroatoms. The lowest BCUT2D eigenvalue weighted by molar-refractivity contribution is -0.138. The summed E-state index contributed by atoms with van der Waals surface area (Å²) < 4.78 is 5.30. The zero-order valence-corrected chi connectivity index (χ0v) is 10.1. The molecule has 0 bridgehead atoms. The number of nitrogens with zero attached hydrogens (tertiary/aromatic N) is 2. The molecule has 0 aromatic heterocycles. The minimum absolute atomic E-state index is 0.147. The summed E-state index contributed by atoms with van der Waals surface area (Å²) in [6, 6.07) is -0.173. The Morgan fingerprint density at radius 2 is 2.12 bits per heavy atom. The molecule has 1 amide bonds. The van der Waals surface area contributed by atoms with Crippen LogP contribution < -0.4 is 5.32 Å². The molecule has 2 saturated heterocycles. The van der Waals surface area contributed by atoms with Crippen LogP contribution in [0.4, 0.5) is 0 Å². The van der Waals surface area contributed by atoms with E-state index in [1.165, 1.54) is 0 Å². The fraction of sp³-hybridized carbons (Fsp3) is 0.909. The van der Waals surface area contributed by atoms with Gasteiger partial charge in [0.05, 0.1) is 19.8 Å². The van der Waals surface area contributed by atoms with Gasteiger partial charge in [-0.1, -0.05) is 0 Å². The Balaban J connectivity index is 1.77. The van der Waals surface area contributed by atoms with Gasteiger partial charge in [-0.3, -0.25) is 9.69 Å². The Kier molecular flexibility index (Phi) is 4.73. The van der Waals surface area contributed by atoms with Crippen molar-refractivity contribution in [3.8, 4) is 0 Å². The number of rotatable bonds is 3. The van der Waals surface area contributed by atoms with Crippen LogP contribution in [0.1, 0.15) is 0 Å². The molecule has 2 N–H and O–H groups in total. The summed E-state index contributed by atoms with van der Waals surface area (Å²) in [5.41, 5.74) is 0. The number of carbonyl (C=O) groups is 1. The maximum absolute atomic E-state index is 12.1. The highest BCUT2D eigenvalue weighted by Crippen LogP contribution is 2.05. The number of hydrogen-bond donors (Lipinski definition) is 2. The van der Waals surface area contributed by atoms with E-state index in [2.05, 4.69) is 10.2 Å². The molecule has 0 radical (unpaired) electrons. The molecule has 0 unspecified atom stereocenters. The van der Waals surface area contributed by atoms with Gasteiger partial charge < -0.3 is 20.1 Å². The largest absolute Gasteiger partial charge is 0.395 e. The number of aliphatic hydroxyl groups excluding tert-OH is 1. The second-order valence-corrected chi connectivity index (χ2v) is 4.47. The summed E-state index contributed by atoms with van der Waals surface area (Å²) in [6.07, 6.45) is 0. The summed E-state index contributed by atoms with van der Waals surface area (Å²) in [7, 11) is 0. The summed E-state index contributed by atoms with van der Waals surface area (Å²) in [6.45, 7) is 6.00. The fourth-order valence-electron chi connectivity index (χ4n) is 2.28. The van der Waals surface area contributed by atoms with Crippen LogP contribution in [0.2, 0.25) is 0 Å². The van der Waals surface area contributed by atoms with E-state index in [0.29, 0.717) is 19.8 Å². The third kappa shape index (κ3) is 3.38. The highest BCUT2D eigenvalue weighted by Gasteiger charge is 2.28. The second kappa shape index (κ2) is 6.30. The highest BCUT2D eigenvalue weighted by molar-refractivity contribution is 5.82. The van der Waals surface area contributed by atoms with Gasteiger partial charge in [-0.05, 0) is 0 Å².